The summed E-state index contributed by atoms with van der Waals surface area (Å²) in [6.45, 7) is 0.0940. The summed E-state index contributed by atoms with van der Waals surface area (Å²) in [5.74, 6) is -0.787. The summed E-state index contributed by atoms with van der Waals surface area (Å²) in [7, 11) is -1.67. The normalized spacial score (nSPS) is 12.1. The van der Waals surface area contributed by atoms with Crippen molar-refractivity contribution in [3.63, 3.8) is 0 Å². The summed E-state index contributed by atoms with van der Waals surface area (Å²) < 4.78 is 43.7. The molecule has 2 rings (SSSR count). The van der Waals surface area contributed by atoms with E-state index in [2.05, 4.69) is 0 Å². The van der Waals surface area contributed by atoms with Gasteiger partial charge in [0.2, 0.25) is 0 Å². The predicted octanol–water partition coefficient (Wildman–Crippen LogP) is 2.73. The van der Waals surface area contributed by atoms with Crippen LogP contribution in [0.4, 0.5) is 14.5 Å². The molecule has 0 fully saturated rings. The molecule has 2 aromatic rings. The number of nitrogen functional groups attached to an aromatic ring is 1. The Balaban J connectivity index is 1.96. The number of para-hydroxylation sites is 2. The van der Waals surface area contributed by atoms with Gasteiger partial charge in [-0.15, -0.1) is 0 Å². The number of benzene rings is 2. The average Bonchev–Trinajstić information content (AvgIpc) is 2.43. The maximum Gasteiger partial charge on any atom is 0.142 e. The van der Waals surface area contributed by atoms with Crippen LogP contribution in [0.3, 0.4) is 0 Å². The molecule has 0 spiro atoms. The Bertz CT molecular complexity index is 634. The summed E-state index contributed by atoms with van der Waals surface area (Å²) >= 11 is 0. The van der Waals surface area contributed by atoms with Crippen molar-refractivity contribution in [2.45, 2.75) is 4.90 Å². The highest BCUT2D eigenvalue weighted by atomic mass is 32.2. The van der Waals surface area contributed by atoms with E-state index in [0.29, 0.717) is 11.4 Å². The number of rotatable bonds is 5. The molecule has 0 aliphatic rings. The summed E-state index contributed by atoms with van der Waals surface area (Å²) in [4.78, 5) is -0.158. The van der Waals surface area contributed by atoms with Crippen LogP contribution in [0.15, 0.2) is 47.4 Å². The average molecular weight is 297 g/mol. The van der Waals surface area contributed by atoms with Crippen molar-refractivity contribution >= 4 is 16.5 Å². The van der Waals surface area contributed by atoms with E-state index in [4.69, 9.17) is 10.5 Å². The number of halogens is 2. The predicted molar refractivity (Wildman–Crippen MR) is 74.0 cm³/mol. The van der Waals surface area contributed by atoms with Gasteiger partial charge in [-0.1, -0.05) is 12.1 Å². The van der Waals surface area contributed by atoms with Crippen molar-refractivity contribution in [1.82, 2.24) is 0 Å². The Hall–Kier alpha value is -1.95. The van der Waals surface area contributed by atoms with Crippen molar-refractivity contribution in [2.75, 3.05) is 18.1 Å². The zero-order valence-electron chi connectivity index (χ0n) is 10.5. The third-order valence-electron chi connectivity index (χ3n) is 2.58. The number of hydrogen-bond acceptors (Lipinski definition) is 3. The molecule has 20 heavy (non-hydrogen) atoms. The largest absolute Gasteiger partial charge is 0.490 e. The lowest BCUT2D eigenvalue weighted by molar-refractivity contribution is 0.344. The van der Waals surface area contributed by atoms with Gasteiger partial charge in [0.1, 0.15) is 24.0 Å². The van der Waals surface area contributed by atoms with Gasteiger partial charge in [-0.2, -0.15) is 0 Å². The van der Waals surface area contributed by atoms with Crippen LogP contribution >= 0.6 is 0 Å². The van der Waals surface area contributed by atoms with Gasteiger partial charge in [0.15, 0.2) is 0 Å². The Kier molecular flexibility index (Phi) is 4.68. The minimum atomic E-state index is -1.67. The van der Waals surface area contributed by atoms with Gasteiger partial charge in [0.05, 0.1) is 27.1 Å². The Morgan fingerprint density at radius 3 is 2.65 bits per heavy atom. The molecule has 2 N–H and O–H groups in total. The fourth-order valence-electron chi connectivity index (χ4n) is 1.60. The first-order valence-corrected chi connectivity index (χ1v) is 7.20. The Morgan fingerprint density at radius 1 is 1.15 bits per heavy atom. The fourth-order valence-corrected chi connectivity index (χ4v) is 2.59. The first-order valence-electron chi connectivity index (χ1n) is 5.88. The van der Waals surface area contributed by atoms with Crippen LogP contribution in [0, 0.1) is 11.6 Å². The lowest BCUT2D eigenvalue weighted by atomic mass is 10.3. The highest BCUT2D eigenvalue weighted by Gasteiger charge is 2.11. The molecule has 1 atom stereocenters. The van der Waals surface area contributed by atoms with Crippen molar-refractivity contribution in [1.29, 1.82) is 0 Å². The zero-order chi connectivity index (χ0) is 14.5. The Morgan fingerprint density at radius 2 is 1.90 bits per heavy atom. The molecule has 0 aliphatic heterocycles. The van der Waals surface area contributed by atoms with Gasteiger partial charge in [0.25, 0.3) is 0 Å². The molecule has 0 aromatic heterocycles. The number of anilines is 1. The van der Waals surface area contributed by atoms with Crippen LogP contribution < -0.4 is 10.5 Å². The van der Waals surface area contributed by atoms with Gasteiger partial charge < -0.3 is 10.5 Å². The second kappa shape index (κ2) is 6.47. The van der Waals surface area contributed by atoms with Crippen LogP contribution in [0.2, 0.25) is 0 Å². The maximum absolute atomic E-state index is 13.4. The molecular formula is C14H13F2NO2S. The third-order valence-corrected chi connectivity index (χ3v) is 3.92. The van der Waals surface area contributed by atoms with Crippen LogP contribution in [0.25, 0.3) is 0 Å². The van der Waals surface area contributed by atoms with E-state index in [0.717, 1.165) is 18.2 Å². The molecule has 3 nitrogen and oxygen atoms in total. The van der Waals surface area contributed by atoms with E-state index in [1.165, 1.54) is 0 Å². The van der Waals surface area contributed by atoms with E-state index in [9.17, 15) is 13.0 Å². The lowest BCUT2D eigenvalue weighted by Crippen LogP contribution is -2.10. The molecule has 106 valence electrons. The van der Waals surface area contributed by atoms with Gasteiger partial charge in [-0.05, 0) is 30.3 Å². The molecule has 0 amide bonds. The van der Waals surface area contributed by atoms with Gasteiger partial charge in [-0.3, -0.25) is 4.21 Å². The molecule has 0 aliphatic carbocycles. The van der Waals surface area contributed by atoms with Crippen LogP contribution in [-0.4, -0.2) is 16.6 Å². The fraction of sp³-hybridized carbons (Fsp3) is 0.143. The van der Waals surface area contributed by atoms with E-state index < -0.39 is 22.4 Å². The van der Waals surface area contributed by atoms with Gasteiger partial charge in [0, 0.05) is 0 Å². The molecule has 1 unspecified atom stereocenters. The van der Waals surface area contributed by atoms with Crippen molar-refractivity contribution < 1.29 is 17.7 Å². The van der Waals surface area contributed by atoms with Gasteiger partial charge in [-0.25, -0.2) is 8.78 Å². The summed E-state index contributed by atoms with van der Waals surface area (Å²) in [6.07, 6.45) is 0. The topological polar surface area (TPSA) is 52.3 Å². The summed E-state index contributed by atoms with van der Waals surface area (Å²) in [5, 5.41) is 0. The summed E-state index contributed by atoms with van der Waals surface area (Å²) in [5.41, 5.74) is 6.15. The molecule has 6 heteroatoms. The number of nitrogens with two attached hydrogens (primary N) is 1. The number of hydrogen-bond donors (Lipinski definition) is 1. The van der Waals surface area contributed by atoms with E-state index >= 15 is 0 Å². The molecule has 0 saturated carbocycles. The van der Waals surface area contributed by atoms with Crippen molar-refractivity contribution in [2.24, 2.45) is 0 Å². The molecule has 0 radical (unpaired) electrons. The molecular weight excluding hydrogens is 284 g/mol. The monoisotopic (exact) mass is 297 g/mol. The van der Waals surface area contributed by atoms with Crippen LogP contribution in [-0.2, 0) is 10.8 Å². The molecule has 2 aromatic carbocycles. The standard InChI is InChI=1S/C14H13F2NO2S/c15-10-5-6-11(16)14(9-10)20(18)8-7-19-13-4-2-1-3-12(13)17/h1-6,9H,7-8,17H2. The second-order valence-corrected chi connectivity index (χ2v) is 5.55. The third kappa shape index (κ3) is 3.54. The first-order chi connectivity index (χ1) is 9.58. The quantitative estimate of drug-likeness (QED) is 0.863. The number of ether oxygens (including phenoxy) is 1. The molecule has 0 heterocycles. The first kappa shape index (κ1) is 14.5. The zero-order valence-corrected chi connectivity index (χ0v) is 11.3. The van der Waals surface area contributed by atoms with Gasteiger partial charge >= 0.3 is 0 Å². The highest BCUT2D eigenvalue weighted by molar-refractivity contribution is 7.85. The SMILES string of the molecule is Nc1ccccc1OCCS(=O)c1cc(F)ccc1F. The minimum Gasteiger partial charge on any atom is -0.490 e. The molecule has 0 saturated heterocycles. The van der Waals surface area contributed by atoms with E-state index in [1.807, 2.05) is 0 Å². The van der Waals surface area contributed by atoms with E-state index in [-0.39, 0.29) is 17.3 Å². The Labute approximate surface area is 117 Å². The van der Waals surface area contributed by atoms with Crippen LogP contribution in [0.1, 0.15) is 0 Å². The lowest BCUT2D eigenvalue weighted by Gasteiger charge is -2.08. The summed E-state index contributed by atoms with van der Waals surface area (Å²) in [6, 6.07) is 9.76. The second-order valence-electron chi connectivity index (χ2n) is 4.01. The van der Waals surface area contributed by atoms with Crippen molar-refractivity contribution in [3.05, 3.63) is 54.1 Å². The smallest absolute Gasteiger partial charge is 0.142 e. The maximum atomic E-state index is 13.4. The van der Waals surface area contributed by atoms with Crippen LogP contribution in [0.5, 0.6) is 5.75 Å². The van der Waals surface area contributed by atoms with Crippen molar-refractivity contribution in [3.8, 4) is 5.75 Å². The minimum absolute atomic E-state index is 0.0503. The highest BCUT2D eigenvalue weighted by Crippen LogP contribution is 2.20. The molecule has 0 bridgehead atoms. The van der Waals surface area contributed by atoms with E-state index in [1.54, 1.807) is 24.3 Å².